The lowest BCUT2D eigenvalue weighted by molar-refractivity contribution is -0.135. The summed E-state index contributed by atoms with van der Waals surface area (Å²) in [5.74, 6) is -0.885. The van der Waals surface area contributed by atoms with Crippen molar-refractivity contribution in [1.82, 2.24) is 4.98 Å². The molecule has 84 valence electrons. The number of hydrogen-bond donors (Lipinski definition) is 1. The van der Waals surface area contributed by atoms with Crippen molar-refractivity contribution in [1.29, 1.82) is 5.26 Å². The zero-order chi connectivity index (χ0) is 12.0. The third kappa shape index (κ3) is 3.24. The van der Waals surface area contributed by atoms with Crippen LogP contribution < -0.4 is 4.90 Å². The number of carbonyl (C=O) groups is 1. The molecule has 0 saturated heterocycles. The van der Waals surface area contributed by atoms with Crippen LogP contribution in [0.5, 0.6) is 0 Å². The van der Waals surface area contributed by atoms with Crippen LogP contribution in [0.15, 0.2) is 18.3 Å². The largest absolute Gasteiger partial charge is 0.480 e. The quantitative estimate of drug-likeness (QED) is 0.806. The van der Waals surface area contributed by atoms with Crippen molar-refractivity contribution in [3.05, 3.63) is 24.0 Å². The van der Waals surface area contributed by atoms with Crippen LogP contribution in [0.3, 0.4) is 0 Å². The lowest BCUT2D eigenvalue weighted by Gasteiger charge is -2.21. The summed E-state index contributed by atoms with van der Waals surface area (Å²) in [6.07, 6.45) is 2.36. The minimum Gasteiger partial charge on any atom is -0.480 e. The number of aromatic nitrogens is 1. The second-order valence-corrected chi connectivity index (χ2v) is 3.33. The zero-order valence-corrected chi connectivity index (χ0v) is 9.05. The van der Waals surface area contributed by atoms with Gasteiger partial charge in [-0.2, -0.15) is 5.26 Å². The summed E-state index contributed by atoms with van der Waals surface area (Å²) in [7, 11) is 0. The molecule has 0 spiro atoms. The van der Waals surface area contributed by atoms with Gasteiger partial charge in [0.1, 0.15) is 18.3 Å². The number of rotatable bonds is 5. The Kier molecular flexibility index (Phi) is 4.28. The van der Waals surface area contributed by atoms with E-state index >= 15 is 0 Å². The minimum atomic E-state index is -0.885. The van der Waals surface area contributed by atoms with Gasteiger partial charge in [-0.1, -0.05) is 6.92 Å². The molecule has 16 heavy (non-hydrogen) atoms. The molecule has 0 bridgehead atoms. The molecule has 0 saturated carbocycles. The molecular weight excluding hydrogens is 206 g/mol. The summed E-state index contributed by atoms with van der Waals surface area (Å²) in [5, 5.41) is 17.5. The number of nitrogens with zero attached hydrogens (tertiary/aromatic N) is 3. The van der Waals surface area contributed by atoms with Crippen molar-refractivity contribution in [3.63, 3.8) is 0 Å². The monoisotopic (exact) mass is 219 g/mol. The minimum absolute atomic E-state index is 0.0667. The van der Waals surface area contributed by atoms with Gasteiger partial charge < -0.3 is 10.0 Å². The van der Waals surface area contributed by atoms with Crippen LogP contribution in [0.25, 0.3) is 0 Å². The van der Waals surface area contributed by atoms with E-state index in [0.29, 0.717) is 12.2 Å². The number of aliphatic carboxylic acids is 1. The van der Waals surface area contributed by atoms with Crippen LogP contribution in [-0.4, -0.2) is 29.1 Å². The normalized spacial score (nSPS) is 9.50. The van der Waals surface area contributed by atoms with Crippen LogP contribution in [0.4, 0.5) is 5.69 Å². The molecule has 0 amide bonds. The molecule has 0 aliphatic carbocycles. The van der Waals surface area contributed by atoms with Gasteiger partial charge in [-0.25, -0.2) is 4.98 Å². The van der Waals surface area contributed by atoms with Crippen LogP contribution >= 0.6 is 0 Å². The third-order valence-electron chi connectivity index (χ3n) is 2.04. The number of carboxylic acids is 1. The van der Waals surface area contributed by atoms with E-state index in [4.69, 9.17) is 10.4 Å². The van der Waals surface area contributed by atoms with Crippen LogP contribution in [0.1, 0.15) is 19.0 Å². The Labute approximate surface area is 93.9 Å². The summed E-state index contributed by atoms with van der Waals surface area (Å²) >= 11 is 0. The van der Waals surface area contributed by atoms with E-state index < -0.39 is 5.97 Å². The Morgan fingerprint density at radius 1 is 1.69 bits per heavy atom. The maximum atomic E-state index is 10.7. The van der Waals surface area contributed by atoms with Gasteiger partial charge in [-0.15, -0.1) is 0 Å². The van der Waals surface area contributed by atoms with E-state index in [-0.39, 0.29) is 6.54 Å². The van der Waals surface area contributed by atoms with Gasteiger partial charge in [-0.05, 0) is 18.6 Å². The van der Waals surface area contributed by atoms with Crippen molar-refractivity contribution in [3.8, 4) is 6.07 Å². The molecular formula is C11H13N3O2. The Morgan fingerprint density at radius 2 is 2.44 bits per heavy atom. The predicted molar refractivity (Wildman–Crippen MR) is 59.1 cm³/mol. The van der Waals surface area contributed by atoms with E-state index in [1.54, 1.807) is 17.0 Å². The number of anilines is 1. The fourth-order valence-electron chi connectivity index (χ4n) is 1.41. The summed E-state index contributed by atoms with van der Waals surface area (Å²) in [5.41, 5.74) is 1.01. The Hall–Kier alpha value is -2.09. The zero-order valence-electron chi connectivity index (χ0n) is 9.05. The molecule has 0 fully saturated rings. The smallest absolute Gasteiger partial charge is 0.323 e. The highest BCUT2D eigenvalue weighted by Crippen LogP contribution is 2.14. The molecule has 0 aliphatic heterocycles. The Balaban J connectivity index is 2.91. The maximum absolute atomic E-state index is 10.7. The van der Waals surface area contributed by atoms with Crippen LogP contribution in [-0.2, 0) is 4.79 Å². The lowest BCUT2D eigenvalue weighted by atomic mass is 10.2. The second kappa shape index (κ2) is 5.71. The van der Waals surface area contributed by atoms with Crippen LogP contribution in [0.2, 0.25) is 0 Å². The van der Waals surface area contributed by atoms with Gasteiger partial charge in [0.15, 0.2) is 0 Å². The van der Waals surface area contributed by atoms with Gasteiger partial charge in [-0.3, -0.25) is 4.79 Å². The third-order valence-corrected chi connectivity index (χ3v) is 2.04. The average Bonchev–Trinajstić information content (AvgIpc) is 2.28. The molecule has 0 aliphatic rings. The van der Waals surface area contributed by atoms with E-state index in [1.165, 1.54) is 6.20 Å². The van der Waals surface area contributed by atoms with E-state index in [1.807, 2.05) is 13.0 Å². The van der Waals surface area contributed by atoms with Crippen molar-refractivity contribution in [2.75, 3.05) is 18.0 Å². The Morgan fingerprint density at radius 3 is 3.00 bits per heavy atom. The summed E-state index contributed by atoms with van der Waals surface area (Å²) < 4.78 is 0. The van der Waals surface area contributed by atoms with Gasteiger partial charge in [0.25, 0.3) is 0 Å². The first-order valence-electron chi connectivity index (χ1n) is 5.00. The molecule has 1 heterocycles. The fraction of sp³-hybridized carbons (Fsp3) is 0.364. The number of nitriles is 1. The molecule has 1 aromatic rings. The van der Waals surface area contributed by atoms with Crippen molar-refractivity contribution in [2.45, 2.75) is 13.3 Å². The first-order chi connectivity index (χ1) is 7.67. The first-order valence-corrected chi connectivity index (χ1v) is 5.00. The predicted octanol–water partition coefficient (Wildman–Crippen LogP) is 1.25. The highest BCUT2D eigenvalue weighted by atomic mass is 16.4. The first kappa shape index (κ1) is 12.0. The standard InChI is InChI=1S/C11H13N3O2/c1-2-5-14(8-11(15)16)10-3-4-13-9(6-10)7-12/h3-4,6H,2,5,8H2,1H3,(H,15,16). The van der Waals surface area contributed by atoms with Crippen LogP contribution in [0, 0.1) is 11.3 Å². The summed E-state index contributed by atoms with van der Waals surface area (Å²) in [6, 6.07) is 5.24. The SMILES string of the molecule is CCCN(CC(=O)O)c1ccnc(C#N)c1. The van der Waals surface area contributed by atoms with E-state index in [0.717, 1.165) is 12.1 Å². The average molecular weight is 219 g/mol. The van der Waals surface area contributed by atoms with Gasteiger partial charge in [0, 0.05) is 18.4 Å². The molecule has 5 nitrogen and oxygen atoms in total. The number of carboxylic acid groups (broad SMARTS) is 1. The van der Waals surface area contributed by atoms with Crippen molar-refractivity contribution in [2.24, 2.45) is 0 Å². The molecule has 0 radical (unpaired) electrons. The molecule has 1 N–H and O–H groups in total. The van der Waals surface area contributed by atoms with E-state index in [9.17, 15) is 4.79 Å². The van der Waals surface area contributed by atoms with Crippen molar-refractivity contribution < 1.29 is 9.90 Å². The number of pyridine rings is 1. The molecule has 0 unspecified atom stereocenters. The summed E-state index contributed by atoms with van der Waals surface area (Å²) in [4.78, 5) is 16.2. The molecule has 0 aromatic carbocycles. The topological polar surface area (TPSA) is 77.2 Å². The van der Waals surface area contributed by atoms with E-state index in [2.05, 4.69) is 4.98 Å². The van der Waals surface area contributed by atoms with Gasteiger partial charge in [0.05, 0.1) is 0 Å². The lowest BCUT2D eigenvalue weighted by Crippen LogP contribution is -2.30. The molecule has 1 rings (SSSR count). The molecule has 1 aromatic heterocycles. The second-order valence-electron chi connectivity index (χ2n) is 3.33. The Bertz CT molecular complexity index is 412. The fourth-order valence-corrected chi connectivity index (χ4v) is 1.41. The maximum Gasteiger partial charge on any atom is 0.323 e. The number of hydrogen-bond acceptors (Lipinski definition) is 4. The van der Waals surface area contributed by atoms with Gasteiger partial charge in [0.2, 0.25) is 0 Å². The highest BCUT2D eigenvalue weighted by Gasteiger charge is 2.10. The van der Waals surface area contributed by atoms with Gasteiger partial charge >= 0.3 is 5.97 Å². The highest BCUT2D eigenvalue weighted by molar-refractivity contribution is 5.73. The molecule has 5 heteroatoms. The summed E-state index contributed by atoms with van der Waals surface area (Å²) in [6.45, 7) is 2.55. The molecule has 0 atom stereocenters. The van der Waals surface area contributed by atoms with Crippen molar-refractivity contribution >= 4 is 11.7 Å².